The van der Waals surface area contributed by atoms with Crippen molar-refractivity contribution in [3.05, 3.63) is 76.5 Å². The average molecular weight is 307 g/mol. The third kappa shape index (κ3) is 3.13. The number of aryl methyl sites for hydroxylation is 1. The minimum Gasteiger partial charge on any atom is -0.352 e. The fourth-order valence-corrected chi connectivity index (χ4v) is 2.54. The Morgan fingerprint density at radius 3 is 2.61 bits per heavy atom. The molecule has 0 saturated carbocycles. The first-order valence-corrected chi connectivity index (χ1v) is 7.43. The highest BCUT2D eigenvalue weighted by Crippen LogP contribution is 2.14. The lowest BCUT2D eigenvalue weighted by Gasteiger charge is -2.10. The Labute approximate surface area is 133 Å². The minimum absolute atomic E-state index is 0.106. The number of hydrogen-bond acceptors (Lipinski definition) is 3. The summed E-state index contributed by atoms with van der Waals surface area (Å²) < 4.78 is 1.44. The number of hydrogen-bond donors (Lipinski definition) is 1. The molecule has 0 aliphatic heterocycles. The summed E-state index contributed by atoms with van der Waals surface area (Å²) in [6.45, 7) is 0.493. The van der Waals surface area contributed by atoms with Crippen LogP contribution < -0.4 is 10.9 Å². The van der Waals surface area contributed by atoms with Crippen molar-refractivity contribution in [3.63, 3.8) is 0 Å². The number of amides is 1. The molecular weight excluding hydrogens is 290 g/mol. The van der Waals surface area contributed by atoms with E-state index in [1.165, 1.54) is 4.57 Å². The fraction of sp³-hybridized carbons (Fsp3) is 0.167. The molecule has 5 heteroatoms. The van der Waals surface area contributed by atoms with Crippen LogP contribution in [0.15, 0.2) is 59.7 Å². The summed E-state index contributed by atoms with van der Waals surface area (Å²) >= 11 is 0. The standard InChI is InChI=1S/C18H17N3O2/c1-21-12-16(14-7-2-3-8-15(14)18(21)23)17(22)20-11-9-13-6-4-5-10-19-13/h2-8,10,12H,9,11H2,1H3,(H,20,22). The topological polar surface area (TPSA) is 64.0 Å². The highest BCUT2D eigenvalue weighted by atomic mass is 16.2. The molecular formula is C18H17N3O2. The van der Waals surface area contributed by atoms with Crippen molar-refractivity contribution in [1.82, 2.24) is 14.9 Å². The SMILES string of the molecule is Cn1cc(C(=O)NCCc2ccccn2)c2ccccc2c1=O. The van der Waals surface area contributed by atoms with Crippen molar-refractivity contribution in [2.24, 2.45) is 7.05 Å². The van der Waals surface area contributed by atoms with Crippen molar-refractivity contribution in [1.29, 1.82) is 0 Å². The lowest BCUT2D eigenvalue weighted by atomic mass is 10.1. The molecule has 3 aromatic rings. The van der Waals surface area contributed by atoms with Gasteiger partial charge in [0, 0.05) is 48.9 Å². The summed E-state index contributed by atoms with van der Waals surface area (Å²) in [5, 5.41) is 4.11. The molecule has 0 saturated heterocycles. The molecule has 5 nitrogen and oxygen atoms in total. The second kappa shape index (κ2) is 6.44. The van der Waals surface area contributed by atoms with Gasteiger partial charge in [-0.15, -0.1) is 0 Å². The van der Waals surface area contributed by atoms with E-state index in [9.17, 15) is 9.59 Å². The number of fused-ring (bicyclic) bond motifs is 1. The van der Waals surface area contributed by atoms with Crippen LogP contribution in [0.3, 0.4) is 0 Å². The van der Waals surface area contributed by atoms with E-state index >= 15 is 0 Å². The maximum Gasteiger partial charge on any atom is 0.258 e. The molecule has 0 fully saturated rings. The van der Waals surface area contributed by atoms with Gasteiger partial charge in [0.2, 0.25) is 0 Å². The van der Waals surface area contributed by atoms with Crippen LogP contribution in [-0.2, 0) is 13.5 Å². The molecule has 2 heterocycles. The first kappa shape index (κ1) is 15.0. The summed E-state index contributed by atoms with van der Waals surface area (Å²) in [5.41, 5.74) is 1.33. The molecule has 0 bridgehead atoms. The lowest BCUT2D eigenvalue weighted by Crippen LogP contribution is -2.28. The number of nitrogens with one attached hydrogen (secondary N) is 1. The van der Waals surface area contributed by atoms with Crippen LogP contribution in [0.5, 0.6) is 0 Å². The molecule has 116 valence electrons. The molecule has 1 aromatic carbocycles. The molecule has 1 N–H and O–H groups in total. The second-order valence-corrected chi connectivity index (χ2v) is 5.33. The second-order valence-electron chi connectivity index (χ2n) is 5.33. The largest absolute Gasteiger partial charge is 0.352 e. The summed E-state index contributed by atoms with van der Waals surface area (Å²) in [7, 11) is 1.65. The predicted molar refractivity (Wildman–Crippen MR) is 89.5 cm³/mol. The van der Waals surface area contributed by atoms with Gasteiger partial charge in [-0.25, -0.2) is 0 Å². The quantitative estimate of drug-likeness (QED) is 0.801. The van der Waals surface area contributed by atoms with E-state index in [0.29, 0.717) is 29.3 Å². The number of rotatable bonds is 4. The van der Waals surface area contributed by atoms with Gasteiger partial charge >= 0.3 is 0 Å². The Morgan fingerprint density at radius 2 is 1.87 bits per heavy atom. The monoisotopic (exact) mass is 307 g/mol. The van der Waals surface area contributed by atoms with Crippen molar-refractivity contribution >= 4 is 16.7 Å². The average Bonchev–Trinajstić information content (AvgIpc) is 2.59. The van der Waals surface area contributed by atoms with Gasteiger partial charge in [-0.05, 0) is 18.2 Å². The van der Waals surface area contributed by atoms with Crippen LogP contribution in [0, 0.1) is 0 Å². The van der Waals surface area contributed by atoms with Crippen LogP contribution >= 0.6 is 0 Å². The number of carbonyl (C=O) groups is 1. The molecule has 23 heavy (non-hydrogen) atoms. The Morgan fingerprint density at radius 1 is 1.13 bits per heavy atom. The third-order valence-corrected chi connectivity index (χ3v) is 3.73. The van der Waals surface area contributed by atoms with Gasteiger partial charge in [0.05, 0.1) is 5.56 Å². The van der Waals surface area contributed by atoms with E-state index in [1.54, 1.807) is 37.6 Å². The Hall–Kier alpha value is -2.95. The number of nitrogens with zero attached hydrogens (tertiary/aromatic N) is 2. The van der Waals surface area contributed by atoms with E-state index in [-0.39, 0.29) is 11.5 Å². The maximum absolute atomic E-state index is 12.5. The zero-order valence-corrected chi connectivity index (χ0v) is 12.8. The highest BCUT2D eigenvalue weighted by molar-refractivity contribution is 6.06. The van der Waals surface area contributed by atoms with Crippen molar-refractivity contribution in [2.45, 2.75) is 6.42 Å². The summed E-state index contributed by atoms with van der Waals surface area (Å²) in [4.78, 5) is 28.8. The van der Waals surface area contributed by atoms with Crippen LogP contribution in [0.25, 0.3) is 10.8 Å². The molecule has 0 aliphatic rings. The van der Waals surface area contributed by atoms with Gasteiger partial charge in [0.15, 0.2) is 0 Å². The number of aromatic nitrogens is 2. The lowest BCUT2D eigenvalue weighted by molar-refractivity contribution is 0.0955. The number of benzene rings is 1. The highest BCUT2D eigenvalue weighted by Gasteiger charge is 2.13. The molecule has 0 spiro atoms. The Kier molecular flexibility index (Phi) is 4.19. The van der Waals surface area contributed by atoms with Crippen LogP contribution in [0.4, 0.5) is 0 Å². The zero-order chi connectivity index (χ0) is 16.2. The number of carbonyl (C=O) groups excluding carboxylic acids is 1. The van der Waals surface area contributed by atoms with Gasteiger partial charge in [-0.1, -0.05) is 24.3 Å². The third-order valence-electron chi connectivity index (χ3n) is 3.73. The molecule has 0 aliphatic carbocycles. The van der Waals surface area contributed by atoms with E-state index in [2.05, 4.69) is 10.3 Å². The first-order valence-electron chi connectivity index (χ1n) is 7.43. The fourth-order valence-electron chi connectivity index (χ4n) is 2.54. The molecule has 0 atom stereocenters. The van der Waals surface area contributed by atoms with Gasteiger partial charge < -0.3 is 9.88 Å². The normalized spacial score (nSPS) is 10.7. The first-order chi connectivity index (χ1) is 11.2. The van der Waals surface area contributed by atoms with Crippen LogP contribution in [-0.4, -0.2) is 22.0 Å². The van der Waals surface area contributed by atoms with Gasteiger partial charge in [-0.2, -0.15) is 0 Å². The molecule has 0 radical (unpaired) electrons. The smallest absolute Gasteiger partial charge is 0.258 e. The van der Waals surface area contributed by atoms with Crippen LogP contribution in [0.2, 0.25) is 0 Å². The predicted octanol–water partition coefficient (Wildman–Crippen LogP) is 1.91. The Bertz CT molecular complexity index is 901. The van der Waals surface area contributed by atoms with Gasteiger partial charge in [0.1, 0.15) is 0 Å². The molecule has 3 rings (SSSR count). The summed E-state index contributed by atoms with van der Waals surface area (Å²) in [6.07, 6.45) is 3.98. The van der Waals surface area contributed by atoms with Gasteiger partial charge in [0.25, 0.3) is 11.5 Å². The summed E-state index contributed by atoms with van der Waals surface area (Å²) in [5.74, 6) is -0.187. The van der Waals surface area contributed by atoms with E-state index < -0.39 is 0 Å². The van der Waals surface area contributed by atoms with Crippen molar-refractivity contribution in [3.8, 4) is 0 Å². The van der Waals surface area contributed by atoms with Crippen molar-refractivity contribution in [2.75, 3.05) is 6.54 Å². The zero-order valence-electron chi connectivity index (χ0n) is 12.8. The Balaban J connectivity index is 1.81. The van der Waals surface area contributed by atoms with E-state index in [1.807, 2.05) is 24.3 Å². The molecule has 2 aromatic heterocycles. The van der Waals surface area contributed by atoms with Crippen LogP contribution in [0.1, 0.15) is 16.1 Å². The molecule has 1 amide bonds. The minimum atomic E-state index is -0.187. The van der Waals surface area contributed by atoms with Gasteiger partial charge in [-0.3, -0.25) is 14.6 Å². The summed E-state index contributed by atoms with van der Waals surface area (Å²) in [6, 6.07) is 12.9. The van der Waals surface area contributed by atoms with E-state index in [0.717, 1.165) is 5.69 Å². The van der Waals surface area contributed by atoms with E-state index in [4.69, 9.17) is 0 Å². The molecule has 0 unspecified atom stereocenters. The number of pyridine rings is 2. The van der Waals surface area contributed by atoms with Crippen molar-refractivity contribution < 1.29 is 4.79 Å². The maximum atomic E-state index is 12.5.